The predicted molar refractivity (Wildman–Crippen MR) is 88.4 cm³/mol. The van der Waals surface area contributed by atoms with Crippen LogP contribution in [0.3, 0.4) is 0 Å². The summed E-state index contributed by atoms with van der Waals surface area (Å²) >= 11 is 0. The molecule has 1 fully saturated rings. The third kappa shape index (κ3) is 3.71. The first-order valence-electron chi connectivity index (χ1n) is 7.89. The Morgan fingerprint density at radius 3 is 2.43 bits per heavy atom. The van der Waals surface area contributed by atoms with Gasteiger partial charge in [-0.05, 0) is 36.1 Å². The lowest BCUT2D eigenvalue weighted by Crippen LogP contribution is -2.37. The van der Waals surface area contributed by atoms with Gasteiger partial charge < -0.3 is 14.8 Å². The van der Waals surface area contributed by atoms with Crippen LogP contribution in [0.15, 0.2) is 54.6 Å². The lowest BCUT2D eigenvalue weighted by molar-refractivity contribution is -0.130. The normalized spacial score (nSPS) is 18.4. The average molecular weight is 311 g/mol. The van der Waals surface area contributed by atoms with Crippen molar-refractivity contribution in [2.24, 2.45) is 0 Å². The topological polar surface area (TPSA) is 47.6 Å². The number of amides is 1. The van der Waals surface area contributed by atoms with Gasteiger partial charge in [0.05, 0.1) is 13.2 Å². The molecule has 1 N–H and O–H groups in total. The fourth-order valence-corrected chi connectivity index (χ4v) is 2.82. The van der Waals surface area contributed by atoms with Crippen LogP contribution in [0, 0.1) is 0 Å². The van der Waals surface area contributed by atoms with Gasteiger partial charge in [-0.1, -0.05) is 42.5 Å². The molecule has 1 heterocycles. The van der Waals surface area contributed by atoms with E-state index in [1.165, 1.54) is 0 Å². The summed E-state index contributed by atoms with van der Waals surface area (Å²) in [6.07, 6.45) is 1.39. The van der Waals surface area contributed by atoms with Crippen LogP contribution >= 0.6 is 0 Å². The van der Waals surface area contributed by atoms with E-state index in [-0.39, 0.29) is 18.1 Å². The highest BCUT2D eigenvalue weighted by atomic mass is 16.5. The van der Waals surface area contributed by atoms with Gasteiger partial charge >= 0.3 is 0 Å². The minimum atomic E-state index is -0.334. The number of benzene rings is 2. The fourth-order valence-electron chi connectivity index (χ4n) is 2.82. The Hall–Kier alpha value is -2.33. The number of carbonyl (C=O) groups is 1. The van der Waals surface area contributed by atoms with Gasteiger partial charge in [0.25, 0.3) is 0 Å². The molecule has 4 nitrogen and oxygen atoms in total. The van der Waals surface area contributed by atoms with Crippen molar-refractivity contribution in [3.8, 4) is 5.75 Å². The zero-order valence-corrected chi connectivity index (χ0v) is 13.2. The van der Waals surface area contributed by atoms with Crippen LogP contribution in [0.5, 0.6) is 5.75 Å². The van der Waals surface area contributed by atoms with E-state index in [1.807, 2.05) is 54.6 Å². The molecule has 2 aromatic rings. The minimum absolute atomic E-state index is 0.0489. The second-order valence-electron chi connectivity index (χ2n) is 5.63. The standard InChI is InChI=1S/C19H21NO3/c1-22-16-11-9-15(10-12-16)18(14-6-3-2-4-7-14)20-19(21)17-8-5-13-23-17/h2-4,6-7,9-12,17-18H,5,8,13H2,1H3,(H,20,21)/t17-,18+/m1/s1. The van der Waals surface area contributed by atoms with Crippen molar-refractivity contribution < 1.29 is 14.3 Å². The number of methoxy groups -OCH3 is 1. The monoisotopic (exact) mass is 311 g/mol. The maximum Gasteiger partial charge on any atom is 0.249 e. The van der Waals surface area contributed by atoms with E-state index in [0.717, 1.165) is 29.7 Å². The quantitative estimate of drug-likeness (QED) is 0.923. The molecule has 2 aromatic carbocycles. The molecule has 0 aliphatic carbocycles. The Balaban J connectivity index is 1.85. The molecule has 0 bridgehead atoms. The molecule has 1 aliphatic heterocycles. The smallest absolute Gasteiger partial charge is 0.249 e. The maximum absolute atomic E-state index is 12.5. The molecule has 0 spiro atoms. The second kappa shape index (κ2) is 7.29. The molecule has 3 rings (SSSR count). The fraction of sp³-hybridized carbons (Fsp3) is 0.316. The molecule has 0 aromatic heterocycles. The first-order chi connectivity index (χ1) is 11.3. The third-order valence-electron chi connectivity index (χ3n) is 4.09. The van der Waals surface area contributed by atoms with Gasteiger partial charge in [-0.3, -0.25) is 4.79 Å². The van der Waals surface area contributed by atoms with E-state index in [1.54, 1.807) is 7.11 Å². The Morgan fingerprint density at radius 1 is 1.13 bits per heavy atom. The summed E-state index contributed by atoms with van der Waals surface area (Å²) in [5, 5.41) is 3.12. The lowest BCUT2D eigenvalue weighted by Gasteiger charge is -2.22. The summed E-state index contributed by atoms with van der Waals surface area (Å²) in [5.41, 5.74) is 2.06. The molecule has 1 saturated heterocycles. The number of rotatable bonds is 5. The Morgan fingerprint density at radius 2 is 1.83 bits per heavy atom. The Bertz CT molecular complexity index is 633. The Labute approximate surface area is 136 Å². The van der Waals surface area contributed by atoms with Gasteiger partial charge in [-0.25, -0.2) is 0 Å². The molecule has 0 saturated carbocycles. The van der Waals surface area contributed by atoms with Crippen LogP contribution in [0.2, 0.25) is 0 Å². The molecule has 120 valence electrons. The predicted octanol–water partition coefficient (Wildman–Crippen LogP) is 3.08. The van der Waals surface area contributed by atoms with Crippen molar-refractivity contribution in [1.29, 1.82) is 0 Å². The van der Waals surface area contributed by atoms with Gasteiger partial charge in [0.15, 0.2) is 0 Å². The van der Waals surface area contributed by atoms with Gasteiger partial charge in [-0.15, -0.1) is 0 Å². The highest BCUT2D eigenvalue weighted by molar-refractivity contribution is 5.81. The van der Waals surface area contributed by atoms with Gasteiger partial charge in [0, 0.05) is 6.61 Å². The van der Waals surface area contributed by atoms with Crippen molar-refractivity contribution in [3.05, 3.63) is 65.7 Å². The van der Waals surface area contributed by atoms with Crippen molar-refractivity contribution in [1.82, 2.24) is 5.32 Å². The molecule has 23 heavy (non-hydrogen) atoms. The highest BCUT2D eigenvalue weighted by Gasteiger charge is 2.26. The van der Waals surface area contributed by atoms with Gasteiger partial charge in [0.2, 0.25) is 5.91 Å². The first kappa shape index (κ1) is 15.6. The number of nitrogens with one attached hydrogen (secondary N) is 1. The van der Waals surface area contributed by atoms with E-state index >= 15 is 0 Å². The van der Waals surface area contributed by atoms with E-state index in [2.05, 4.69) is 5.32 Å². The molecular weight excluding hydrogens is 290 g/mol. The van der Waals surface area contributed by atoms with E-state index in [4.69, 9.17) is 9.47 Å². The summed E-state index contributed by atoms with van der Waals surface area (Å²) < 4.78 is 10.7. The van der Waals surface area contributed by atoms with Crippen LogP contribution in [0.4, 0.5) is 0 Å². The number of hydrogen-bond acceptors (Lipinski definition) is 3. The highest BCUT2D eigenvalue weighted by Crippen LogP contribution is 2.25. The van der Waals surface area contributed by atoms with Gasteiger partial charge in [-0.2, -0.15) is 0 Å². The molecule has 4 heteroatoms. The van der Waals surface area contributed by atoms with Crippen LogP contribution in [0.25, 0.3) is 0 Å². The van der Waals surface area contributed by atoms with E-state index in [9.17, 15) is 4.79 Å². The molecule has 1 amide bonds. The molecular formula is C19H21NO3. The van der Waals surface area contributed by atoms with Crippen LogP contribution in [-0.4, -0.2) is 25.7 Å². The summed E-state index contributed by atoms with van der Waals surface area (Å²) in [5.74, 6) is 0.748. The number of hydrogen-bond donors (Lipinski definition) is 1. The average Bonchev–Trinajstić information content (AvgIpc) is 3.15. The molecule has 0 radical (unpaired) electrons. The van der Waals surface area contributed by atoms with Crippen molar-refractivity contribution in [2.75, 3.05) is 13.7 Å². The van der Waals surface area contributed by atoms with Crippen molar-refractivity contribution >= 4 is 5.91 Å². The lowest BCUT2D eigenvalue weighted by atomic mass is 9.98. The zero-order valence-electron chi connectivity index (χ0n) is 13.2. The van der Waals surface area contributed by atoms with E-state index < -0.39 is 0 Å². The molecule has 1 aliphatic rings. The van der Waals surface area contributed by atoms with Crippen molar-refractivity contribution in [3.63, 3.8) is 0 Å². The summed E-state index contributed by atoms with van der Waals surface area (Å²) in [7, 11) is 1.64. The van der Waals surface area contributed by atoms with Crippen LogP contribution < -0.4 is 10.1 Å². The van der Waals surface area contributed by atoms with Crippen LogP contribution in [-0.2, 0) is 9.53 Å². The number of ether oxygens (including phenoxy) is 2. The number of carbonyl (C=O) groups excluding carboxylic acids is 1. The SMILES string of the molecule is COc1ccc([C@@H](NC(=O)[C@H]2CCCO2)c2ccccc2)cc1. The third-order valence-corrected chi connectivity index (χ3v) is 4.09. The molecule has 0 unspecified atom stereocenters. The second-order valence-corrected chi connectivity index (χ2v) is 5.63. The summed E-state index contributed by atoms with van der Waals surface area (Å²) in [6.45, 7) is 0.663. The summed E-state index contributed by atoms with van der Waals surface area (Å²) in [6, 6.07) is 17.5. The van der Waals surface area contributed by atoms with Crippen molar-refractivity contribution in [2.45, 2.75) is 25.0 Å². The zero-order chi connectivity index (χ0) is 16.1. The van der Waals surface area contributed by atoms with Gasteiger partial charge in [0.1, 0.15) is 11.9 Å². The summed E-state index contributed by atoms with van der Waals surface area (Å²) in [4.78, 5) is 12.5. The Kier molecular flexibility index (Phi) is 4.93. The van der Waals surface area contributed by atoms with Crippen LogP contribution in [0.1, 0.15) is 30.0 Å². The largest absolute Gasteiger partial charge is 0.497 e. The minimum Gasteiger partial charge on any atom is -0.497 e. The first-order valence-corrected chi connectivity index (χ1v) is 7.89. The molecule has 2 atom stereocenters. The maximum atomic E-state index is 12.5. The van der Waals surface area contributed by atoms with E-state index in [0.29, 0.717) is 6.61 Å².